The van der Waals surface area contributed by atoms with Gasteiger partial charge in [0.25, 0.3) is 5.56 Å². The van der Waals surface area contributed by atoms with Gasteiger partial charge in [-0.3, -0.25) is 9.59 Å². The Morgan fingerprint density at radius 1 is 1.11 bits per heavy atom. The molecule has 1 aliphatic heterocycles. The lowest BCUT2D eigenvalue weighted by Gasteiger charge is -2.23. The number of rotatable bonds is 8. The molecule has 0 saturated carbocycles. The minimum Gasteiger partial charge on any atom is -0.356 e. The molecule has 1 aliphatic rings. The number of hydrogen-bond acceptors (Lipinski definition) is 3. The number of nitrogens with zero attached hydrogens (tertiary/aromatic N) is 2. The number of hydrogen-bond donors (Lipinski definition) is 2. The predicted molar refractivity (Wildman–Crippen MR) is 111 cm³/mol. The molecule has 1 aromatic carbocycles. The van der Waals surface area contributed by atoms with Crippen molar-refractivity contribution in [2.24, 2.45) is 0 Å². The zero-order valence-corrected chi connectivity index (χ0v) is 16.9. The van der Waals surface area contributed by atoms with Crippen molar-refractivity contribution in [3.05, 3.63) is 51.8 Å². The van der Waals surface area contributed by atoms with Crippen LogP contribution in [0.4, 0.5) is 0 Å². The van der Waals surface area contributed by atoms with Crippen molar-refractivity contribution in [1.82, 2.24) is 15.1 Å². The van der Waals surface area contributed by atoms with Crippen LogP contribution in [0.1, 0.15) is 32.1 Å². The molecule has 0 aliphatic carbocycles. The molecule has 0 atom stereocenters. The quantitative estimate of drug-likeness (QED) is 0.657. The molecule has 2 N–H and O–H groups in total. The Morgan fingerprint density at radius 2 is 1.86 bits per heavy atom. The van der Waals surface area contributed by atoms with Crippen molar-refractivity contribution in [2.75, 3.05) is 26.2 Å². The van der Waals surface area contributed by atoms with Gasteiger partial charge in [0, 0.05) is 36.0 Å². The Bertz CT molecular complexity index is 829. The molecule has 0 unspecified atom stereocenters. The lowest BCUT2D eigenvalue weighted by Crippen LogP contribution is -3.12. The summed E-state index contributed by atoms with van der Waals surface area (Å²) in [4.78, 5) is 25.8. The van der Waals surface area contributed by atoms with Crippen molar-refractivity contribution < 1.29 is 9.69 Å². The van der Waals surface area contributed by atoms with E-state index in [1.807, 2.05) is 12.1 Å². The monoisotopic (exact) mass is 403 g/mol. The fraction of sp³-hybridized carbons (Fsp3) is 0.476. The number of quaternary nitrogens is 1. The molecule has 0 spiro atoms. The van der Waals surface area contributed by atoms with Gasteiger partial charge in [-0.2, -0.15) is 5.10 Å². The number of piperidine rings is 1. The number of likely N-dealkylation sites (tertiary alicyclic amines) is 1. The highest BCUT2D eigenvalue weighted by atomic mass is 35.5. The second kappa shape index (κ2) is 10.4. The van der Waals surface area contributed by atoms with E-state index in [9.17, 15) is 9.59 Å². The lowest BCUT2D eigenvalue weighted by molar-refractivity contribution is -0.904. The van der Waals surface area contributed by atoms with Gasteiger partial charge < -0.3 is 10.2 Å². The molecular formula is C21H28ClN4O2+. The van der Waals surface area contributed by atoms with Crippen molar-refractivity contribution in [1.29, 1.82) is 0 Å². The normalized spacial score (nSPS) is 14.8. The van der Waals surface area contributed by atoms with E-state index in [4.69, 9.17) is 11.6 Å². The van der Waals surface area contributed by atoms with Gasteiger partial charge in [0.15, 0.2) is 0 Å². The molecule has 7 heteroatoms. The van der Waals surface area contributed by atoms with Crippen LogP contribution in [0.5, 0.6) is 0 Å². The second-order valence-electron chi connectivity index (χ2n) is 7.30. The third kappa shape index (κ3) is 6.17. The smallest absolute Gasteiger partial charge is 0.266 e. The van der Waals surface area contributed by atoms with Crippen LogP contribution in [0.3, 0.4) is 0 Å². The SMILES string of the molecule is O=C(CCn1nc(-c2ccc(Cl)cc2)ccc1=O)NCCC[NH+]1CCCCC1. The predicted octanol–water partition coefficient (Wildman–Crippen LogP) is 1.53. The average molecular weight is 404 g/mol. The zero-order chi connectivity index (χ0) is 19.8. The summed E-state index contributed by atoms with van der Waals surface area (Å²) in [6.07, 6.45) is 5.22. The molecule has 1 saturated heterocycles. The number of carbonyl (C=O) groups is 1. The second-order valence-corrected chi connectivity index (χ2v) is 7.74. The number of carbonyl (C=O) groups excluding carboxylic acids is 1. The number of halogens is 1. The highest BCUT2D eigenvalue weighted by Gasteiger charge is 2.13. The first-order valence-electron chi connectivity index (χ1n) is 10.1. The van der Waals surface area contributed by atoms with E-state index in [2.05, 4.69) is 10.4 Å². The summed E-state index contributed by atoms with van der Waals surface area (Å²) in [7, 11) is 0. The minimum absolute atomic E-state index is 0.0424. The van der Waals surface area contributed by atoms with E-state index in [1.54, 1.807) is 23.1 Å². The van der Waals surface area contributed by atoms with Gasteiger partial charge in [-0.05, 0) is 37.5 Å². The van der Waals surface area contributed by atoms with E-state index in [0.717, 1.165) is 18.5 Å². The summed E-state index contributed by atoms with van der Waals surface area (Å²) < 4.78 is 1.35. The maximum absolute atomic E-state index is 12.1. The van der Waals surface area contributed by atoms with Crippen molar-refractivity contribution in [3.63, 3.8) is 0 Å². The number of aryl methyl sites for hydroxylation is 1. The Labute approximate surface area is 170 Å². The fourth-order valence-electron chi connectivity index (χ4n) is 3.55. The van der Waals surface area contributed by atoms with Crippen LogP contribution < -0.4 is 15.8 Å². The number of amides is 1. The van der Waals surface area contributed by atoms with E-state index in [0.29, 0.717) is 17.3 Å². The molecule has 1 aromatic heterocycles. The summed E-state index contributed by atoms with van der Waals surface area (Å²) >= 11 is 5.91. The molecule has 6 nitrogen and oxygen atoms in total. The van der Waals surface area contributed by atoms with Crippen LogP contribution in [0, 0.1) is 0 Å². The first kappa shape index (κ1) is 20.6. The maximum Gasteiger partial charge on any atom is 0.266 e. The van der Waals surface area contributed by atoms with Crippen LogP contribution >= 0.6 is 11.6 Å². The van der Waals surface area contributed by atoms with E-state index >= 15 is 0 Å². The maximum atomic E-state index is 12.1. The van der Waals surface area contributed by atoms with Crippen molar-refractivity contribution in [3.8, 4) is 11.3 Å². The van der Waals surface area contributed by atoms with Gasteiger partial charge in [0.2, 0.25) is 5.91 Å². The minimum atomic E-state index is -0.209. The molecule has 1 amide bonds. The van der Waals surface area contributed by atoms with Crippen LogP contribution in [-0.2, 0) is 11.3 Å². The Morgan fingerprint density at radius 3 is 2.61 bits per heavy atom. The first-order valence-corrected chi connectivity index (χ1v) is 10.4. The summed E-state index contributed by atoms with van der Waals surface area (Å²) in [5.41, 5.74) is 1.35. The molecule has 150 valence electrons. The van der Waals surface area contributed by atoms with Crippen LogP contribution in [-0.4, -0.2) is 41.9 Å². The average Bonchev–Trinajstić information content (AvgIpc) is 2.72. The Balaban J connectivity index is 1.45. The van der Waals surface area contributed by atoms with E-state index in [-0.39, 0.29) is 24.4 Å². The van der Waals surface area contributed by atoms with E-state index in [1.165, 1.54) is 43.1 Å². The number of benzene rings is 1. The number of aromatic nitrogens is 2. The van der Waals surface area contributed by atoms with Crippen molar-refractivity contribution >= 4 is 17.5 Å². The molecular weight excluding hydrogens is 376 g/mol. The van der Waals surface area contributed by atoms with Crippen LogP contribution in [0.25, 0.3) is 11.3 Å². The van der Waals surface area contributed by atoms with Crippen LogP contribution in [0.2, 0.25) is 5.02 Å². The Kier molecular flexibility index (Phi) is 7.62. The molecule has 0 radical (unpaired) electrons. The van der Waals surface area contributed by atoms with Gasteiger partial charge in [-0.25, -0.2) is 4.68 Å². The fourth-order valence-corrected chi connectivity index (χ4v) is 3.67. The zero-order valence-electron chi connectivity index (χ0n) is 16.1. The molecule has 2 heterocycles. The largest absolute Gasteiger partial charge is 0.356 e. The molecule has 0 bridgehead atoms. The molecule has 28 heavy (non-hydrogen) atoms. The third-order valence-electron chi connectivity index (χ3n) is 5.15. The third-order valence-corrected chi connectivity index (χ3v) is 5.40. The highest BCUT2D eigenvalue weighted by molar-refractivity contribution is 6.30. The topological polar surface area (TPSA) is 68.4 Å². The summed E-state index contributed by atoms with van der Waals surface area (Å²) in [6.45, 7) is 4.59. The van der Waals surface area contributed by atoms with E-state index < -0.39 is 0 Å². The number of nitrogens with one attached hydrogen (secondary N) is 2. The molecule has 2 aromatic rings. The first-order chi connectivity index (χ1) is 13.6. The van der Waals surface area contributed by atoms with Crippen LogP contribution in [0.15, 0.2) is 41.2 Å². The standard InChI is InChI=1S/C21H27ClN4O2/c22-18-7-5-17(6-8-18)19-9-10-21(28)26(24-19)16-11-20(27)23-12-4-15-25-13-2-1-3-14-25/h5-10H,1-4,11-16H2,(H,23,27)/p+1. The highest BCUT2D eigenvalue weighted by Crippen LogP contribution is 2.18. The molecule has 3 rings (SSSR count). The van der Waals surface area contributed by atoms with Gasteiger partial charge in [0.05, 0.1) is 31.9 Å². The summed E-state index contributed by atoms with van der Waals surface area (Å²) in [5, 5.41) is 7.98. The lowest BCUT2D eigenvalue weighted by atomic mass is 10.1. The Hall–Kier alpha value is -2.18. The molecule has 1 fully saturated rings. The summed E-state index contributed by atoms with van der Waals surface area (Å²) in [6, 6.07) is 10.5. The van der Waals surface area contributed by atoms with Gasteiger partial charge >= 0.3 is 0 Å². The van der Waals surface area contributed by atoms with Gasteiger partial charge in [-0.15, -0.1) is 0 Å². The van der Waals surface area contributed by atoms with Gasteiger partial charge in [0.1, 0.15) is 0 Å². The summed E-state index contributed by atoms with van der Waals surface area (Å²) in [5.74, 6) is -0.0424. The van der Waals surface area contributed by atoms with Gasteiger partial charge in [-0.1, -0.05) is 23.7 Å². The van der Waals surface area contributed by atoms with Crippen molar-refractivity contribution in [2.45, 2.75) is 38.6 Å².